The van der Waals surface area contributed by atoms with Gasteiger partial charge in [0.25, 0.3) is 0 Å². The van der Waals surface area contributed by atoms with E-state index in [0.717, 1.165) is 6.20 Å². The maximum atomic E-state index is 12.3. The molecule has 0 saturated heterocycles. The number of hydrogen-bond donors (Lipinski definition) is 0. The lowest BCUT2D eigenvalue weighted by Gasteiger charge is -1.92. The van der Waals surface area contributed by atoms with Gasteiger partial charge in [0.05, 0.1) is 6.20 Å². The number of pyridine rings is 1. The Labute approximate surface area is 51.3 Å². The Morgan fingerprint density at radius 2 is 2.00 bits per heavy atom. The van der Waals surface area contributed by atoms with Gasteiger partial charge in [-0.2, -0.15) is 0 Å². The third-order valence-corrected chi connectivity index (χ3v) is 1.01. The molecule has 1 aromatic heterocycles. The Hall–Kier alpha value is -0.990. The fourth-order valence-electron chi connectivity index (χ4n) is 0.516. The second-order valence-corrected chi connectivity index (χ2v) is 1.75. The van der Waals surface area contributed by atoms with Crippen LogP contribution in [0.5, 0.6) is 0 Å². The molecule has 0 atom stereocenters. The number of rotatable bonds is 0. The van der Waals surface area contributed by atoms with Crippen molar-refractivity contribution in [3.63, 3.8) is 0 Å². The number of nitrogens with zero attached hydrogens (tertiary/aromatic N) is 1. The first-order valence-corrected chi connectivity index (χ1v) is 2.47. The van der Waals surface area contributed by atoms with E-state index < -0.39 is 11.6 Å². The van der Waals surface area contributed by atoms with E-state index >= 15 is 0 Å². The highest BCUT2D eigenvalue weighted by Crippen LogP contribution is 2.06. The van der Waals surface area contributed by atoms with Crippen LogP contribution in [0.1, 0.15) is 5.56 Å². The van der Waals surface area contributed by atoms with Crippen LogP contribution >= 0.6 is 0 Å². The first kappa shape index (κ1) is 6.13. The van der Waals surface area contributed by atoms with Gasteiger partial charge < -0.3 is 0 Å². The lowest BCUT2D eigenvalue weighted by atomic mass is 10.3. The molecule has 0 saturated carbocycles. The summed E-state index contributed by atoms with van der Waals surface area (Å²) in [4.78, 5) is 3.43. The summed E-state index contributed by atoms with van der Waals surface area (Å²) in [6.45, 7) is 1.46. The molecule has 0 aliphatic heterocycles. The topological polar surface area (TPSA) is 12.9 Å². The summed E-state index contributed by atoms with van der Waals surface area (Å²) in [5.74, 6) is -1.71. The van der Waals surface area contributed by atoms with Crippen molar-refractivity contribution in [2.45, 2.75) is 6.92 Å². The van der Waals surface area contributed by atoms with E-state index in [1.165, 1.54) is 13.1 Å². The van der Waals surface area contributed by atoms with Gasteiger partial charge in [0.2, 0.25) is 0 Å². The number of halogens is 2. The van der Waals surface area contributed by atoms with Gasteiger partial charge in [0.15, 0.2) is 11.6 Å². The molecule has 0 amide bonds. The molecule has 0 aromatic carbocycles. The highest BCUT2D eigenvalue weighted by molar-refractivity contribution is 5.10. The zero-order chi connectivity index (χ0) is 6.85. The molecular weight excluding hydrogens is 124 g/mol. The van der Waals surface area contributed by atoms with Crippen molar-refractivity contribution in [2.24, 2.45) is 0 Å². The molecule has 0 fully saturated rings. The fraction of sp³-hybridized carbons (Fsp3) is 0.167. The minimum atomic E-state index is -0.894. The monoisotopic (exact) mass is 129 g/mol. The molecule has 1 aromatic rings. The molecule has 48 valence electrons. The van der Waals surface area contributed by atoms with Gasteiger partial charge in [-0.25, -0.2) is 8.78 Å². The molecule has 0 N–H and O–H groups in total. The molecule has 0 aliphatic rings. The second-order valence-electron chi connectivity index (χ2n) is 1.75. The van der Waals surface area contributed by atoms with Crippen LogP contribution < -0.4 is 0 Å². The molecule has 1 heterocycles. The van der Waals surface area contributed by atoms with E-state index in [1.54, 1.807) is 0 Å². The summed E-state index contributed by atoms with van der Waals surface area (Å²) in [6.07, 6.45) is 2.13. The third kappa shape index (κ3) is 1.04. The molecule has 0 radical (unpaired) electrons. The summed E-state index contributed by atoms with van der Waals surface area (Å²) in [6, 6.07) is 0. The molecule has 1 rings (SSSR count). The minimum absolute atomic E-state index is 0.231. The van der Waals surface area contributed by atoms with Crippen molar-refractivity contribution in [2.75, 3.05) is 0 Å². The van der Waals surface area contributed by atoms with Crippen LogP contribution in [0.3, 0.4) is 0 Å². The molecular formula is C6H5F2N. The normalized spacial score (nSPS) is 9.67. The Morgan fingerprint density at radius 3 is 2.44 bits per heavy atom. The van der Waals surface area contributed by atoms with Crippen molar-refractivity contribution in [3.05, 3.63) is 29.6 Å². The second kappa shape index (κ2) is 2.09. The van der Waals surface area contributed by atoms with Gasteiger partial charge >= 0.3 is 0 Å². The van der Waals surface area contributed by atoms with Crippen LogP contribution in [0.15, 0.2) is 12.4 Å². The Bertz CT molecular complexity index is 202. The number of aromatic nitrogens is 1. The quantitative estimate of drug-likeness (QED) is 0.519. The van der Waals surface area contributed by atoms with Gasteiger partial charge in [0, 0.05) is 11.8 Å². The van der Waals surface area contributed by atoms with E-state index in [9.17, 15) is 8.78 Å². The maximum absolute atomic E-state index is 12.3. The summed E-state index contributed by atoms with van der Waals surface area (Å²) in [5, 5.41) is 0. The van der Waals surface area contributed by atoms with Gasteiger partial charge in [-0.3, -0.25) is 4.98 Å². The van der Waals surface area contributed by atoms with Gasteiger partial charge in [0.1, 0.15) is 0 Å². The van der Waals surface area contributed by atoms with Gasteiger partial charge in [-0.05, 0) is 6.92 Å². The minimum Gasteiger partial charge on any atom is -0.261 e. The van der Waals surface area contributed by atoms with E-state index in [2.05, 4.69) is 4.98 Å². The summed E-state index contributed by atoms with van der Waals surface area (Å²) in [5.41, 5.74) is 0.231. The van der Waals surface area contributed by atoms with E-state index in [0.29, 0.717) is 0 Å². The average molecular weight is 129 g/mol. The van der Waals surface area contributed by atoms with Crippen molar-refractivity contribution in [1.29, 1.82) is 0 Å². The average Bonchev–Trinajstić information content (AvgIpc) is 1.83. The molecule has 0 bridgehead atoms. The highest BCUT2D eigenvalue weighted by Gasteiger charge is 2.01. The van der Waals surface area contributed by atoms with Crippen LogP contribution in [0.4, 0.5) is 8.78 Å². The standard InChI is InChI=1S/C6H5F2N/c1-4-2-9-3-5(7)6(4)8/h2-3H,1H3. The van der Waals surface area contributed by atoms with Crippen LogP contribution in [0.25, 0.3) is 0 Å². The van der Waals surface area contributed by atoms with Crippen molar-refractivity contribution in [1.82, 2.24) is 4.98 Å². The molecule has 1 nitrogen and oxygen atoms in total. The predicted octanol–water partition coefficient (Wildman–Crippen LogP) is 1.67. The van der Waals surface area contributed by atoms with Crippen LogP contribution in [-0.4, -0.2) is 4.98 Å². The van der Waals surface area contributed by atoms with Gasteiger partial charge in [-0.1, -0.05) is 0 Å². The van der Waals surface area contributed by atoms with E-state index in [4.69, 9.17) is 0 Å². The predicted molar refractivity (Wildman–Crippen MR) is 28.9 cm³/mol. The Morgan fingerprint density at radius 1 is 1.33 bits per heavy atom. The highest BCUT2D eigenvalue weighted by atomic mass is 19.2. The van der Waals surface area contributed by atoms with E-state index in [1.807, 2.05) is 0 Å². The van der Waals surface area contributed by atoms with Crippen LogP contribution in [-0.2, 0) is 0 Å². The van der Waals surface area contributed by atoms with Gasteiger partial charge in [-0.15, -0.1) is 0 Å². The van der Waals surface area contributed by atoms with Crippen molar-refractivity contribution >= 4 is 0 Å². The lowest BCUT2D eigenvalue weighted by Crippen LogP contribution is -1.88. The van der Waals surface area contributed by atoms with Crippen molar-refractivity contribution in [3.8, 4) is 0 Å². The largest absolute Gasteiger partial charge is 0.261 e. The van der Waals surface area contributed by atoms with Crippen LogP contribution in [0.2, 0.25) is 0 Å². The number of hydrogen-bond acceptors (Lipinski definition) is 1. The third-order valence-electron chi connectivity index (χ3n) is 1.01. The summed E-state index contributed by atoms with van der Waals surface area (Å²) in [7, 11) is 0. The van der Waals surface area contributed by atoms with Crippen LogP contribution in [0, 0.1) is 18.6 Å². The Kier molecular flexibility index (Phi) is 1.42. The summed E-state index contributed by atoms with van der Waals surface area (Å²) >= 11 is 0. The molecule has 0 aliphatic carbocycles. The maximum Gasteiger partial charge on any atom is 0.177 e. The number of aryl methyl sites for hydroxylation is 1. The fourth-order valence-corrected chi connectivity index (χ4v) is 0.516. The molecule has 9 heavy (non-hydrogen) atoms. The van der Waals surface area contributed by atoms with E-state index in [-0.39, 0.29) is 5.56 Å². The zero-order valence-corrected chi connectivity index (χ0v) is 4.86. The first-order valence-electron chi connectivity index (χ1n) is 2.47. The Balaban J connectivity index is 3.25. The molecule has 3 heteroatoms. The zero-order valence-electron chi connectivity index (χ0n) is 4.86. The molecule has 0 spiro atoms. The van der Waals surface area contributed by atoms with Crippen molar-refractivity contribution < 1.29 is 8.78 Å². The lowest BCUT2D eigenvalue weighted by molar-refractivity contribution is 0.498. The SMILES string of the molecule is Cc1cncc(F)c1F. The smallest absolute Gasteiger partial charge is 0.177 e. The first-order chi connectivity index (χ1) is 4.22. The molecule has 0 unspecified atom stereocenters. The summed E-state index contributed by atoms with van der Waals surface area (Å²) < 4.78 is 24.5.